The summed E-state index contributed by atoms with van der Waals surface area (Å²) < 4.78 is 43.7. The third-order valence-corrected chi connectivity index (χ3v) is 3.40. The molecule has 0 saturated heterocycles. The van der Waals surface area contributed by atoms with Crippen LogP contribution in [0.4, 0.5) is 13.2 Å². The highest BCUT2D eigenvalue weighted by molar-refractivity contribution is 5.87. The molecule has 0 atom stereocenters. The largest absolute Gasteiger partial charge is 0.482 e. The number of H-pyrrole nitrogens is 1. The van der Waals surface area contributed by atoms with E-state index in [1.165, 1.54) is 13.2 Å². The topological polar surface area (TPSA) is 42.1 Å². The maximum atomic E-state index is 12.9. The van der Waals surface area contributed by atoms with Crippen molar-refractivity contribution in [2.24, 2.45) is 0 Å². The zero-order chi connectivity index (χ0) is 15.6. The van der Waals surface area contributed by atoms with Crippen LogP contribution in [0, 0.1) is 0 Å². The molecule has 1 heterocycles. The van der Waals surface area contributed by atoms with Gasteiger partial charge in [0.05, 0.1) is 12.7 Å². The van der Waals surface area contributed by atoms with Crippen LogP contribution in [-0.4, -0.2) is 12.1 Å². The van der Waals surface area contributed by atoms with Gasteiger partial charge in [-0.05, 0) is 36.4 Å². The number of ether oxygens (including phenoxy) is 1. The van der Waals surface area contributed by atoms with Crippen molar-refractivity contribution in [3.8, 4) is 5.88 Å². The van der Waals surface area contributed by atoms with Crippen LogP contribution in [0.2, 0.25) is 0 Å². The van der Waals surface area contributed by atoms with Crippen LogP contribution in [-0.2, 0) is 12.6 Å². The van der Waals surface area contributed by atoms with Gasteiger partial charge in [0, 0.05) is 10.9 Å². The molecule has 0 bridgehead atoms. The summed E-state index contributed by atoms with van der Waals surface area (Å²) in [6.45, 7) is 1.99. The Bertz CT molecular complexity index is 704. The summed E-state index contributed by atoms with van der Waals surface area (Å²) in [5, 5.41) is 0.550. The molecule has 3 nitrogen and oxygen atoms in total. The zero-order valence-electron chi connectivity index (χ0n) is 11.8. The molecule has 0 unspecified atom stereocenters. The molecule has 0 aliphatic carbocycles. The Morgan fingerprint density at radius 2 is 1.95 bits per heavy atom. The molecule has 0 amide bonds. The second kappa shape index (κ2) is 5.79. The van der Waals surface area contributed by atoms with E-state index in [9.17, 15) is 18.0 Å². The lowest BCUT2D eigenvalue weighted by molar-refractivity contribution is -0.137. The van der Waals surface area contributed by atoms with E-state index in [-0.39, 0.29) is 11.3 Å². The maximum Gasteiger partial charge on any atom is 0.416 e. The van der Waals surface area contributed by atoms with Crippen molar-refractivity contribution in [2.75, 3.05) is 7.11 Å². The van der Waals surface area contributed by atoms with E-state index in [4.69, 9.17) is 4.74 Å². The lowest BCUT2D eigenvalue weighted by Gasteiger charge is -2.13. The molecule has 0 aliphatic rings. The highest BCUT2D eigenvalue weighted by Gasteiger charge is 2.31. The number of rotatable bonds is 4. The number of unbranched alkanes of at least 4 members (excludes halogenated alkanes) is 1. The highest BCUT2D eigenvalue weighted by Crippen LogP contribution is 2.33. The summed E-state index contributed by atoms with van der Waals surface area (Å²) in [6.07, 6.45) is -2.20. The van der Waals surface area contributed by atoms with E-state index in [0.717, 1.165) is 25.0 Å². The van der Waals surface area contributed by atoms with Crippen molar-refractivity contribution in [3.05, 3.63) is 39.7 Å². The molecule has 1 N–H and O–H groups in total. The lowest BCUT2D eigenvalue weighted by atomic mass is 10.00. The molecule has 0 saturated carbocycles. The molecule has 114 valence electrons. The Balaban J connectivity index is 2.75. The molecule has 0 spiro atoms. The number of benzene rings is 1. The molecular formula is C15H16F3NO2. The van der Waals surface area contributed by atoms with Gasteiger partial charge in [0.25, 0.3) is 5.56 Å². The SMILES string of the molecule is CCCCc1c(OC)[nH]c(=O)c2ccc(C(F)(F)F)cc12. The van der Waals surface area contributed by atoms with E-state index in [2.05, 4.69) is 4.98 Å². The minimum absolute atomic E-state index is 0.236. The van der Waals surface area contributed by atoms with Gasteiger partial charge in [-0.25, -0.2) is 0 Å². The summed E-state index contributed by atoms with van der Waals surface area (Å²) in [5.74, 6) is 0.236. The van der Waals surface area contributed by atoms with E-state index in [1.54, 1.807) is 0 Å². The number of aromatic nitrogens is 1. The monoisotopic (exact) mass is 299 g/mol. The standard InChI is InChI=1S/C15H16F3NO2/c1-3-4-5-11-12-8-9(15(16,17)18)6-7-10(12)13(20)19-14(11)21-2/h6-8H,3-5H2,1-2H3,(H,19,20). The summed E-state index contributed by atoms with van der Waals surface area (Å²) in [7, 11) is 1.39. The third kappa shape index (κ3) is 3.04. The first-order valence-corrected chi connectivity index (χ1v) is 6.68. The van der Waals surface area contributed by atoms with Crippen molar-refractivity contribution in [3.63, 3.8) is 0 Å². The maximum absolute atomic E-state index is 12.9. The van der Waals surface area contributed by atoms with E-state index in [1.807, 2.05) is 6.92 Å². The fraction of sp³-hybridized carbons (Fsp3) is 0.400. The predicted octanol–water partition coefficient (Wildman–Crippen LogP) is 3.90. The van der Waals surface area contributed by atoms with E-state index >= 15 is 0 Å². The quantitative estimate of drug-likeness (QED) is 0.930. The number of nitrogens with one attached hydrogen (secondary N) is 1. The fourth-order valence-electron chi connectivity index (χ4n) is 2.31. The average molecular weight is 299 g/mol. The molecule has 6 heteroatoms. The first kappa shape index (κ1) is 15.4. The number of methoxy groups -OCH3 is 1. The smallest absolute Gasteiger partial charge is 0.416 e. The number of alkyl halides is 3. The van der Waals surface area contributed by atoms with Gasteiger partial charge in [-0.3, -0.25) is 9.78 Å². The summed E-state index contributed by atoms with van der Waals surface area (Å²) in [4.78, 5) is 14.5. The predicted molar refractivity (Wildman–Crippen MR) is 74.7 cm³/mol. The number of fused-ring (bicyclic) bond motifs is 1. The van der Waals surface area contributed by atoms with Gasteiger partial charge in [0.15, 0.2) is 5.88 Å². The van der Waals surface area contributed by atoms with Crippen molar-refractivity contribution in [1.29, 1.82) is 0 Å². The number of aromatic amines is 1. The summed E-state index contributed by atoms with van der Waals surface area (Å²) >= 11 is 0. The zero-order valence-corrected chi connectivity index (χ0v) is 11.8. The van der Waals surface area contributed by atoms with Gasteiger partial charge >= 0.3 is 6.18 Å². The second-order valence-corrected chi connectivity index (χ2v) is 4.83. The fourth-order valence-corrected chi connectivity index (χ4v) is 2.31. The van der Waals surface area contributed by atoms with Crippen LogP contribution in [0.15, 0.2) is 23.0 Å². The number of halogens is 3. The van der Waals surface area contributed by atoms with E-state index < -0.39 is 17.3 Å². The normalized spacial score (nSPS) is 11.9. The van der Waals surface area contributed by atoms with Crippen LogP contribution >= 0.6 is 0 Å². The Hall–Kier alpha value is -1.98. The first-order chi connectivity index (χ1) is 9.88. The van der Waals surface area contributed by atoms with Crippen LogP contribution in [0.3, 0.4) is 0 Å². The molecule has 1 aromatic heterocycles. The van der Waals surface area contributed by atoms with Crippen LogP contribution < -0.4 is 10.3 Å². The van der Waals surface area contributed by atoms with Crippen LogP contribution in [0.25, 0.3) is 10.8 Å². The van der Waals surface area contributed by atoms with Gasteiger partial charge in [0.1, 0.15) is 0 Å². The van der Waals surface area contributed by atoms with Crippen LogP contribution in [0.5, 0.6) is 5.88 Å². The first-order valence-electron chi connectivity index (χ1n) is 6.68. The Labute approximate surface area is 119 Å². The van der Waals surface area contributed by atoms with Crippen LogP contribution in [0.1, 0.15) is 30.9 Å². The number of aryl methyl sites for hydroxylation is 1. The summed E-state index contributed by atoms with van der Waals surface area (Å²) in [6, 6.07) is 3.16. The number of hydrogen-bond acceptors (Lipinski definition) is 2. The van der Waals surface area contributed by atoms with Crippen molar-refractivity contribution < 1.29 is 17.9 Å². The van der Waals surface area contributed by atoms with Crippen molar-refractivity contribution in [2.45, 2.75) is 32.4 Å². The number of pyridine rings is 1. The Morgan fingerprint density at radius 3 is 2.52 bits per heavy atom. The van der Waals surface area contributed by atoms with Crippen molar-refractivity contribution >= 4 is 10.8 Å². The van der Waals surface area contributed by atoms with Crippen molar-refractivity contribution in [1.82, 2.24) is 4.98 Å². The Kier molecular flexibility index (Phi) is 4.25. The molecule has 2 rings (SSSR count). The van der Waals surface area contributed by atoms with Gasteiger partial charge < -0.3 is 4.74 Å². The minimum atomic E-state index is -4.44. The molecule has 2 aromatic rings. The molecule has 0 fully saturated rings. The second-order valence-electron chi connectivity index (χ2n) is 4.83. The molecule has 0 radical (unpaired) electrons. The molecule has 1 aromatic carbocycles. The number of hydrogen-bond donors (Lipinski definition) is 1. The van der Waals surface area contributed by atoms with Gasteiger partial charge in [-0.1, -0.05) is 13.3 Å². The van der Waals surface area contributed by atoms with E-state index in [0.29, 0.717) is 17.4 Å². The van der Waals surface area contributed by atoms with Gasteiger partial charge in [-0.15, -0.1) is 0 Å². The Morgan fingerprint density at radius 1 is 1.24 bits per heavy atom. The minimum Gasteiger partial charge on any atom is -0.482 e. The molecule has 21 heavy (non-hydrogen) atoms. The molecular weight excluding hydrogens is 283 g/mol. The van der Waals surface area contributed by atoms with Gasteiger partial charge in [0.2, 0.25) is 0 Å². The summed E-state index contributed by atoms with van der Waals surface area (Å²) in [5.41, 5.74) is -0.601. The van der Waals surface area contributed by atoms with Gasteiger partial charge in [-0.2, -0.15) is 13.2 Å². The average Bonchev–Trinajstić information content (AvgIpc) is 2.44. The molecule has 0 aliphatic heterocycles. The lowest BCUT2D eigenvalue weighted by Crippen LogP contribution is -2.12. The highest BCUT2D eigenvalue weighted by atomic mass is 19.4. The third-order valence-electron chi connectivity index (χ3n) is 3.40.